The molecule has 0 saturated heterocycles. The molecule has 0 aliphatic rings. The van der Waals surface area contributed by atoms with Crippen LogP contribution in [0.3, 0.4) is 0 Å². The average Bonchev–Trinajstić information content (AvgIpc) is 2.89. The van der Waals surface area contributed by atoms with E-state index in [0.29, 0.717) is 5.56 Å². The predicted octanol–water partition coefficient (Wildman–Crippen LogP) is 3.00. The molecule has 0 saturated carbocycles. The minimum atomic E-state index is -0.326. The van der Waals surface area contributed by atoms with Crippen molar-refractivity contribution < 1.29 is 9.53 Å². The van der Waals surface area contributed by atoms with Gasteiger partial charge >= 0.3 is 5.97 Å². The number of aromatic nitrogens is 2. The summed E-state index contributed by atoms with van der Waals surface area (Å²) in [6, 6.07) is 9.82. The smallest absolute Gasteiger partial charge is 0.341 e. The van der Waals surface area contributed by atoms with Crippen molar-refractivity contribution in [3.8, 4) is 5.69 Å². The Kier molecular flexibility index (Phi) is 4.34. The first-order valence-corrected chi connectivity index (χ1v) is 6.48. The van der Waals surface area contributed by atoms with Gasteiger partial charge < -0.3 is 4.74 Å². The molecule has 0 atom stereocenters. The fraction of sp³-hybridized carbons (Fsp3) is 0.333. The molecule has 2 rings (SSSR count). The first-order chi connectivity index (χ1) is 9.27. The molecular formula is C15H18N2O2. The van der Waals surface area contributed by atoms with Gasteiger partial charge in [0.05, 0.1) is 24.7 Å². The van der Waals surface area contributed by atoms with E-state index in [1.807, 2.05) is 35.0 Å². The van der Waals surface area contributed by atoms with Gasteiger partial charge in [0.2, 0.25) is 0 Å². The number of nitrogens with zero attached hydrogens (tertiary/aromatic N) is 2. The highest BCUT2D eigenvalue weighted by Gasteiger charge is 2.18. The molecule has 100 valence electrons. The number of carbonyl (C=O) groups is 1. The minimum absolute atomic E-state index is 0.326. The fourth-order valence-corrected chi connectivity index (χ4v) is 2.03. The lowest BCUT2D eigenvalue weighted by Gasteiger charge is -2.08. The molecule has 4 heteroatoms. The zero-order valence-corrected chi connectivity index (χ0v) is 11.3. The van der Waals surface area contributed by atoms with Crippen LogP contribution in [0, 0.1) is 0 Å². The largest absolute Gasteiger partial charge is 0.465 e. The van der Waals surface area contributed by atoms with E-state index in [-0.39, 0.29) is 5.97 Å². The Morgan fingerprint density at radius 2 is 2.05 bits per heavy atom. The van der Waals surface area contributed by atoms with Crippen LogP contribution in [-0.2, 0) is 11.2 Å². The molecular weight excluding hydrogens is 240 g/mol. The average molecular weight is 258 g/mol. The van der Waals surface area contributed by atoms with Crippen LogP contribution in [0.5, 0.6) is 0 Å². The number of hydrogen-bond donors (Lipinski definition) is 0. The predicted molar refractivity (Wildman–Crippen MR) is 73.5 cm³/mol. The Hall–Kier alpha value is -2.10. The van der Waals surface area contributed by atoms with Crippen molar-refractivity contribution in [2.75, 3.05) is 7.11 Å². The van der Waals surface area contributed by atoms with Crippen LogP contribution >= 0.6 is 0 Å². The molecule has 1 aromatic heterocycles. The normalized spacial score (nSPS) is 10.4. The quantitative estimate of drug-likeness (QED) is 0.774. The van der Waals surface area contributed by atoms with Crippen molar-refractivity contribution in [2.45, 2.75) is 26.2 Å². The highest BCUT2D eigenvalue weighted by atomic mass is 16.5. The summed E-state index contributed by atoms with van der Waals surface area (Å²) in [6.45, 7) is 2.13. The van der Waals surface area contributed by atoms with Crippen molar-refractivity contribution in [1.82, 2.24) is 9.78 Å². The zero-order chi connectivity index (χ0) is 13.7. The number of methoxy groups -OCH3 is 1. The molecule has 0 spiro atoms. The van der Waals surface area contributed by atoms with Crippen LogP contribution < -0.4 is 0 Å². The molecule has 1 heterocycles. The molecule has 19 heavy (non-hydrogen) atoms. The summed E-state index contributed by atoms with van der Waals surface area (Å²) in [5.41, 5.74) is 2.43. The van der Waals surface area contributed by atoms with E-state index in [0.717, 1.165) is 30.6 Å². The molecule has 0 fully saturated rings. The van der Waals surface area contributed by atoms with Crippen LogP contribution in [0.25, 0.3) is 5.69 Å². The Bertz CT molecular complexity index is 547. The van der Waals surface area contributed by atoms with Crippen molar-refractivity contribution in [3.05, 3.63) is 47.8 Å². The van der Waals surface area contributed by atoms with Gasteiger partial charge in [-0.25, -0.2) is 9.48 Å². The topological polar surface area (TPSA) is 44.1 Å². The van der Waals surface area contributed by atoms with E-state index >= 15 is 0 Å². The van der Waals surface area contributed by atoms with E-state index in [2.05, 4.69) is 12.0 Å². The molecule has 0 unspecified atom stereocenters. The minimum Gasteiger partial charge on any atom is -0.465 e. The summed E-state index contributed by atoms with van der Waals surface area (Å²) in [7, 11) is 1.39. The van der Waals surface area contributed by atoms with Gasteiger partial charge in [0.1, 0.15) is 5.56 Å². The number of benzene rings is 1. The summed E-state index contributed by atoms with van der Waals surface area (Å²) >= 11 is 0. The van der Waals surface area contributed by atoms with E-state index in [1.165, 1.54) is 7.11 Å². The molecule has 0 aliphatic carbocycles. The lowest BCUT2D eigenvalue weighted by Crippen LogP contribution is -2.08. The maximum atomic E-state index is 11.8. The molecule has 4 nitrogen and oxygen atoms in total. The second kappa shape index (κ2) is 6.18. The molecule has 0 N–H and O–H groups in total. The number of esters is 1. The number of carbonyl (C=O) groups excluding carboxylic acids is 1. The first-order valence-electron chi connectivity index (χ1n) is 6.48. The van der Waals surface area contributed by atoms with Gasteiger partial charge in [-0.3, -0.25) is 0 Å². The SMILES string of the molecule is CCCCc1c(C(=O)OC)cnn1-c1ccccc1. The maximum absolute atomic E-state index is 11.8. The highest BCUT2D eigenvalue weighted by molar-refractivity contribution is 5.90. The van der Waals surface area contributed by atoms with Gasteiger partial charge in [-0.2, -0.15) is 5.10 Å². The number of hydrogen-bond acceptors (Lipinski definition) is 3. The third-order valence-corrected chi connectivity index (χ3v) is 3.04. The summed E-state index contributed by atoms with van der Waals surface area (Å²) in [5.74, 6) is -0.326. The lowest BCUT2D eigenvalue weighted by molar-refractivity contribution is 0.0599. The maximum Gasteiger partial charge on any atom is 0.341 e. The highest BCUT2D eigenvalue weighted by Crippen LogP contribution is 2.18. The third kappa shape index (κ3) is 2.84. The van der Waals surface area contributed by atoms with Crippen LogP contribution in [0.4, 0.5) is 0 Å². The Morgan fingerprint density at radius 3 is 2.68 bits per heavy atom. The molecule has 1 aromatic carbocycles. The number of unbranched alkanes of at least 4 members (excludes halogenated alkanes) is 1. The standard InChI is InChI=1S/C15H18N2O2/c1-3-4-10-14-13(15(18)19-2)11-16-17(14)12-8-6-5-7-9-12/h5-9,11H,3-4,10H2,1-2H3. The Morgan fingerprint density at radius 1 is 1.32 bits per heavy atom. The number of rotatable bonds is 5. The van der Waals surface area contributed by atoms with Gasteiger partial charge in [-0.15, -0.1) is 0 Å². The zero-order valence-electron chi connectivity index (χ0n) is 11.3. The first kappa shape index (κ1) is 13.3. The van der Waals surface area contributed by atoms with Gasteiger partial charge in [-0.1, -0.05) is 31.5 Å². The fourth-order valence-electron chi connectivity index (χ4n) is 2.03. The molecule has 0 radical (unpaired) electrons. The van der Waals surface area contributed by atoms with E-state index in [9.17, 15) is 4.79 Å². The summed E-state index contributed by atoms with van der Waals surface area (Å²) < 4.78 is 6.64. The van der Waals surface area contributed by atoms with Crippen molar-refractivity contribution >= 4 is 5.97 Å². The third-order valence-electron chi connectivity index (χ3n) is 3.04. The molecule has 0 bridgehead atoms. The number of ether oxygens (including phenoxy) is 1. The second-order valence-corrected chi connectivity index (χ2v) is 4.35. The van der Waals surface area contributed by atoms with E-state index < -0.39 is 0 Å². The van der Waals surface area contributed by atoms with Crippen LogP contribution in [0.1, 0.15) is 35.8 Å². The van der Waals surface area contributed by atoms with Gasteiger partial charge in [-0.05, 0) is 25.0 Å². The monoisotopic (exact) mass is 258 g/mol. The van der Waals surface area contributed by atoms with Gasteiger partial charge in [0.25, 0.3) is 0 Å². The van der Waals surface area contributed by atoms with Crippen LogP contribution in [0.15, 0.2) is 36.5 Å². The van der Waals surface area contributed by atoms with Crippen molar-refractivity contribution in [1.29, 1.82) is 0 Å². The summed E-state index contributed by atoms with van der Waals surface area (Å²) in [5, 5.41) is 4.32. The van der Waals surface area contributed by atoms with Gasteiger partial charge in [0, 0.05) is 0 Å². The molecule has 2 aromatic rings. The van der Waals surface area contributed by atoms with E-state index in [4.69, 9.17) is 4.74 Å². The molecule has 0 amide bonds. The summed E-state index contributed by atoms with van der Waals surface area (Å²) in [4.78, 5) is 11.8. The van der Waals surface area contributed by atoms with E-state index in [1.54, 1.807) is 6.20 Å². The van der Waals surface area contributed by atoms with Crippen LogP contribution in [-0.4, -0.2) is 22.9 Å². The van der Waals surface area contributed by atoms with Crippen molar-refractivity contribution in [3.63, 3.8) is 0 Å². The number of para-hydroxylation sites is 1. The molecule has 0 aliphatic heterocycles. The Labute approximate surface area is 113 Å². The Balaban J connectivity index is 2.43. The second-order valence-electron chi connectivity index (χ2n) is 4.35. The van der Waals surface area contributed by atoms with Crippen molar-refractivity contribution in [2.24, 2.45) is 0 Å². The summed E-state index contributed by atoms with van der Waals surface area (Å²) in [6.07, 6.45) is 4.49. The lowest BCUT2D eigenvalue weighted by atomic mass is 10.1. The van der Waals surface area contributed by atoms with Crippen LogP contribution in [0.2, 0.25) is 0 Å². The van der Waals surface area contributed by atoms with Gasteiger partial charge in [0.15, 0.2) is 0 Å².